The van der Waals surface area contributed by atoms with Gasteiger partial charge in [-0.05, 0) is 54.8 Å². The second-order valence-electron chi connectivity index (χ2n) is 7.07. The van der Waals surface area contributed by atoms with Crippen molar-refractivity contribution in [1.29, 1.82) is 0 Å². The van der Waals surface area contributed by atoms with Crippen LogP contribution in [0.2, 0.25) is 0 Å². The number of ether oxygens (including phenoxy) is 2. The lowest BCUT2D eigenvalue weighted by molar-refractivity contribution is -0.121. The van der Waals surface area contributed by atoms with Gasteiger partial charge in [0, 0.05) is 24.2 Å². The first-order valence-corrected chi connectivity index (χ1v) is 10.4. The van der Waals surface area contributed by atoms with Gasteiger partial charge in [0.05, 0.1) is 12.6 Å². The first-order chi connectivity index (χ1) is 14.6. The van der Waals surface area contributed by atoms with Crippen LogP contribution in [0.4, 0.5) is 0 Å². The summed E-state index contributed by atoms with van der Waals surface area (Å²) >= 11 is 0. The molecule has 1 amide bonds. The lowest BCUT2D eigenvalue weighted by Crippen LogP contribution is -2.25. The van der Waals surface area contributed by atoms with E-state index in [-0.39, 0.29) is 11.9 Å². The summed E-state index contributed by atoms with van der Waals surface area (Å²) in [5.74, 6) is 2.13. The van der Waals surface area contributed by atoms with Gasteiger partial charge < -0.3 is 14.8 Å². The second-order valence-corrected chi connectivity index (χ2v) is 7.07. The Balaban J connectivity index is 1.62. The van der Waals surface area contributed by atoms with Crippen molar-refractivity contribution < 1.29 is 14.3 Å². The predicted molar refractivity (Wildman–Crippen MR) is 119 cm³/mol. The third kappa shape index (κ3) is 5.83. The molecule has 5 nitrogen and oxygen atoms in total. The highest BCUT2D eigenvalue weighted by Crippen LogP contribution is 2.26. The van der Waals surface area contributed by atoms with E-state index in [0.29, 0.717) is 24.7 Å². The SMILES string of the molecule is CCCOc1ccc(Oc2ccc(-c3ccc(C(C)NC(=O)CC)cc3)cn2)cc1. The van der Waals surface area contributed by atoms with Crippen LogP contribution in [0.25, 0.3) is 11.1 Å². The summed E-state index contributed by atoms with van der Waals surface area (Å²) in [5, 5.41) is 2.97. The summed E-state index contributed by atoms with van der Waals surface area (Å²) in [7, 11) is 0. The number of hydrogen-bond acceptors (Lipinski definition) is 4. The van der Waals surface area contributed by atoms with Crippen molar-refractivity contribution in [3.8, 4) is 28.5 Å². The lowest BCUT2D eigenvalue weighted by Gasteiger charge is -2.14. The molecule has 0 saturated carbocycles. The largest absolute Gasteiger partial charge is 0.494 e. The monoisotopic (exact) mass is 404 g/mol. The van der Waals surface area contributed by atoms with Crippen molar-refractivity contribution in [2.75, 3.05) is 6.61 Å². The number of nitrogens with one attached hydrogen (secondary N) is 1. The quantitative estimate of drug-likeness (QED) is 0.481. The van der Waals surface area contributed by atoms with Crippen molar-refractivity contribution in [1.82, 2.24) is 10.3 Å². The number of carbonyl (C=O) groups excluding carboxylic acids is 1. The summed E-state index contributed by atoms with van der Waals surface area (Å²) in [6.07, 6.45) is 3.26. The maximum absolute atomic E-state index is 11.6. The molecule has 0 saturated heterocycles. The van der Waals surface area contributed by atoms with Gasteiger partial charge in [-0.2, -0.15) is 0 Å². The number of carbonyl (C=O) groups is 1. The van der Waals surface area contributed by atoms with E-state index in [4.69, 9.17) is 9.47 Å². The zero-order valence-corrected chi connectivity index (χ0v) is 17.7. The van der Waals surface area contributed by atoms with E-state index in [1.165, 1.54) is 0 Å². The Morgan fingerprint density at radius 1 is 0.933 bits per heavy atom. The lowest BCUT2D eigenvalue weighted by atomic mass is 10.0. The molecule has 1 heterocycles. The Hall–Kier alpha value is -3.34. The van der Waals surface area contributed by atoms with Gasteiger partial charge in [-0.15, -0.1) is 0 Å². The molecule has 0 spiro atoms. The molecule has 0 aliphatic heterocycles. The first kappa shape index (κ1) is 21.4. The van der Waals surface area contributed by atoms with Crippen molar-refractivity contribution in [2.45, 2.75) is 39.7 Å². The number of benzene rings is 2. The van der Waals surface area contributed by atoms with Crippen LogP contribution in [-0.4, -0.2) is 17.5 Å². The van der Waals surface area contributed by atoms with E-state index in [0.717, 1.165) is 28.9 Å². The molecule has 0 aliphatic carbocycles. The molecule has 1 unspecified atom stereocenters. The Morgan fingerprint density at radius 2 is 1.60 bits per heavy atom. The van der Waals surface area contributed by atoms with Crippen molar-refractivity contribution in [3.63, 3.8) is 0 Å². The van der Waals surface area contributed by atoms with Gasteiger partial charge in [0.2, 0.25) is 11.8 Å². The highest BCUT2D eigenvalue weighted by molar-refractivity contribution is 5.76. The second kappa shape index (κ2) is 10.4. The average Bonchev–Trinajstić information content (AvgIpc) is 2.79. The highest BCUT2D eigenvalue weighted by atomic mass is 16.5. The molecule has 2 aromatic carbocycles. The average molecular weight is 405 g/mol. The molecule has 0 radical (unpaired) electrons. The van der Waals surface area contributed by atoms with Gasteiger partial charge in [0.1, 0.15) is 11.5 Å². The Kier molecular flexibility index (Phi) is 7.44. The zero-order valence-electron chi connectivity index (χ0n) is 17.7. The summed E-state index contributed by atoms with van der Waals surface area (Å²) in [6, 6.07) is 19.5. The number of pyridine rings is 1. The molecule has 1 aromatic heterocycles. The number of nitrogens with zero attached hydrogens (tertiary/aromatic N) is 1. The molecule has 30 heavy (non-hydrogen) atoms. The summed E-state index contributed by atoms with van der Waals surface area (Å²) in [6.45, 7) is 6.62. The van der Waals surface area contributed by atoms with Gasteiger partial charge in [0.25, 0.3) is 0 Å². The fourth-order valence-corrected chi connectivity index (χ4v) is 2.95. The van der Waals surface area contributed by atoms with E-state index < -0.39 is 0 Å². The minimum Gasteiger partial charge on any atom is -0.494 e. The zero-order chi connectivity index (χ0) is 21.3. The third-order valence-corrected chi connectivity index (χ3v) is 4.70. The van der Waals surface area contributed by atoms with Crippen LogP contribution in [0.15, 0.2) is 66.9 Å². The summed E-state index contributed by atoms with van der Waals surface area (Å²) < 4.78 is 11.4. The summed E-state index contributed by atoms with van der Waals surface area (Å²) in [5.41, 5.74) is 3.13. The van der Waals surface area contributed by atoms with Gasteiger partial charge in [-0.1, -0.05) is 38.1 Å². The topological polar surface area (TPSA) is 60.5 Å². The van der Waals surface area contributed by atoms with Gasteiger partial charge in [0.15, 0.2) is 0 Å². The third-order valence-electron chi connectivity index (χ3n) is 4.70. The van der Waals surface area contributed by atoms with Crippen LogP contribution in [0.3, 0.4) is 0 Å². The Morgan fingerprint density at radius 3 is 2.20 bits per heavy atom. The number of hydrogen-bond donors (Lipinski definition) is 1. The molecule has 0 bridgehead atoms. The predicted octanol–water partition coefficient (Wildman–Crippen LogP) is 5.92. The maximum atomic E-state index is 11.6. The van der Waals surface area contributed by atoms with Gasteiger partial charge in [-0.25, -0.2) is 4.98 Å². The van der Waals surface area contributed by atoms with Crippen LogP contribution < -0.4 is 14.8 Å². The molecular formula is C25H28N2O3. The molecule has 3 aromatic rings. The fourth-order valence-electron chi connectivity index (χ4n) is 2.95. The Labute approximate surface area is 178 Å². The molecule has 1 atom stereocenters. The molecule has 156 valence electrons. The van der Waals surface area contributed by atoms with E-state index >= 15 is 0 Å². The van der Waals surface area contributed by atoms with Gasteiger partial charge >= 0.3 is 0 Å². The minimum absolute atomic E-state index is 0.0147. The molecule has 0 aliphatic rings. The minimum atomic E-state index is -0.0147. The molecule has 1 N–H and O–H groups in total. The smallest absolute Gasteiger partial charge is 0.220 e. The van der Waals surface area contributed by atoms with Gasteiger partial charge in [-0.3, -0.25) is 4.79 Å². The van der Waals surface area contributed by atoms with Crippen LogP contribution in [-0.2, 0) is 4.79 Å². The van der Waals surface area contributed by atoms with Crippen molar-refractivity contribution >= 4 is 5.91 Å². The van der Waals surface area contributed by atoms with E-state index in [1.807, 2.05) is 74.5 Å². The van der Waals surface area contributed by atoms with Crippen LogP contribution in [0, 0.1) is 0 Å². The maximum Gasteiger partial charge on any atom is 0.220 e. The number of amides is 1. The van der Waals surface area contributed by atoms with E-state index in [9.17, 15) is 4.79 Å². The highest BCUT2D eigenvalue weighted by Gasteiger charge is 2.08. The standard InChI is InChI=1S/C25H28N2O3/c1-4-16-29-22-11-13-23(14-12-22)30-25-15-10-21(17-26-25)20-8-6-19(7-9-20)18(3)27-24(28)5-2/h6-15,17-18H,4-5,16H2,1-3H3,(H,27,28). The van der Waals surface area contributed by atoms with Crippen LogP contribution in [0.1, 0.15) is 45.2 Å². The summed E-state index contributed by atoms with van der Waals surface area (Å²) in [4.78, 5) is 16.0. The molecule has 5 heteroatoms. The molecular weight excluding hydrogens is 376 g/mol. The van der Waals surface area contributed by atoms with Crippen LogP contribution >= 0.6 is 0 Å². The van der Waals surface area contributed by atoms with Crippen molar-refractivity contribution in [2.24, 2.45) is 0 Å². The first-order valence-electron chi connectivity index (χ1n) is 10.4. The fraction of sp³-hybridized carbons (Fsp3) is 0.280. The number of aromatic nitrogens is 1. The molecule has 0 fully saturated rings. The van der Waals surface area contributed by atoms with Crippen molar-refractivity contribution in [3.05, 3.63) is 72.4 Å². The number of rotatable bonds is 9. The Bertz CT molecular complexity index is 936. The molecule has 3 rings (SSSR count). The van der Waals surface area contributed by atoms with Crippen LogP contribution in [0.5, 0.6) is 17.4 Å². The van der Waals surface area contributed by atoms with E-state index in [1.54, 1.807) is 6.20 Å². The normalized spacial score (nSPS) is 11.6. The van der Waals surface area contributed by atoms with E-state index in [2.05, 4.69) is 17.2 Å².